The van der Waals surface area contributed by atoms with Crippen LogP contribution in [-0.4, -0.2) is 19.8 Å². The fraction of sp³-hybridized carbons (Fsp3) is 0.429. The van der Waals surface area contributed by atoms with E-state index >= 15 is 0 Å². The SMILES string of the molecule is CCOP(=O)(OCC)OCC=Cc1ccc(C)cc1. The van der Waals surface area contributed by atoms with Crippen LogP contribution in [0.2, 0.25) is 0 Å². The highest BCUT2D eigenvalue weighted by molar-refractivity contribution is 7.48. The first kappa shape index (κ1) is 16.1. The second-order valence-electron chi connectivity index (χ2n) is 3.89. The second-order valence-corrected chi connectivity index (χ2v) is 5.56. The minimum absolute atomic E-state index is 0.186. The van der Waals surface area contributed by atoms with Crippen LogP contribution in [-0.2, 0) is 18.1 Å². The van der Waals surface area contributed by atoms with Crippen LogP contribution in [0, 0.1) is 6.92 Å². The zero-order valence-corrected chi connectivity index (χ0v) is 12.6. The van der Waals surface area contributed by atoms with Gasteiger partial charge in [0.15, 0.2) is 0 Å². The van der Waals surface area contributed by atoms with Gasteiger partial charge < -0.3 is 0 Å². The van der Waals surface area contributed by atoms with Gasteiger partial charge in [0.1, 0.15) is 0 Å². The molecule has 0 unspecified atom stereocenters. The van der Waals surface area contributed by atoms with E-state index in [0.717, 1.165) is 5.56 Å². The molecule has 0 heterocycles. The zero-order chi connectivity index (χ0) is 14.1. The summed E-state index contributed by atoms with van der Waals surface area (Å²) in [6.45, 7) is 6.30. The van der Waals surface area contributed by atoms with Crippen LogP contribution in [0.25, 0.3) is 6.08 Å². The van der Waals surface area contributed by atoms with Gasteiger partial charge in [0.2, 0.25) is 0 Å². The van der Waals surface area contributed by atoms with E-state index < -0.39 is 7.82 Å². The summed E-state index contributed by atoms with van der Waals surface area (Å²) < 4.78 is 27.2. The van der Waals surface area contributed by atoms with Crippen molar-refractivity contribution in [1.82, 2.24) is 0 Å². The minimum Gasteiger partial charge on any atom is -0.287 e. The lowest BCUT2D eigenvalue weighted by molar-refractivity contribution is 0.131. The number of hydrogen-bond acceptors (Lipinski definition) is 4. The van der Waals surface area contributed by atoms with Gasteiger partial charge in [-0.25, -0.2) is 4.57 Å². The molecule has 0 fully saturated rings. The molecular formula is C14H21O4P. The van der Waals surface area contributed by atoms with Crippen LogP contribution in [0.15, 0.2) is 30.3 Å². The third-order valence-corrected chi connectivity index (χ3v) is 3.91. The molecule has 0 spiro atoms. The Kier molecular flexibility index (Phi) is 7.03. The first-order valence-corrected chi connectivity index (χ1v) is 7.82. The highest BCUT2D eigenvalue weighted by Crippen LogP contribution is 2.49. The lowest BCUT2D eigenvalue weighted by Crippen LogP contribution is -2.00. The molecule has 4 nitrogen and oxygen atoms in total. The Balaban J connectivity index is 2.47. The van der Waals surface area contributed by atoms with Gasteiger partial charge in [-0.2, -0.15) is 0 Å². The summed E-state index contributed by atoms with van der Waals surface area (Å²) in [6.07, 6.45) is 3.69. The third-order valence-electron chi connectivity index (χ3n) is 2.29. The molecule has 0 N–H and O–H groups in total. The smallest absolute Gasteiger partial charge is 0.287 e. The second kappa shape index (κ2) is 8.28. The maximum atomic E-state index is 12.0. The molecule has 19 heavy (non-hydrogen) atoms. The molecule has 0 saturated heterocycles. The van der Waals surface area contributed by atoms with Crippen molar-refractivity contribution in [2.45, 2.75) is 20.8 Å². The van der Waals surface area contributed by atoms with Crippen molar-refractivity contribution < 1.29 is 18.1 Å². The maximum absolute atomic E-state index is 12.0. The fourth-order valence-corrected chi connectivity index (χ4v) is 2.55. The Hall–Kier alpha value is -0.930. The standard InChI is InChI=1S/C14H21O4P/c1-4-16-19(15,17-5-2)18-12-6-7-14-10-8-13(3)9-11-14/h6-11H,4-5,12H2,1-3H3. The molecule has 0 amide bonds. The Bertz CT molecular complexity index is 429. The topological polar surface area (TPSA) is 44.8 Å². The molecule has 1 aromatic rings. The number of phosphoric acid groups is 1. The summed E-state index contributed by atoms with van der Waals surface area (Å²) in [5.41, 5.74) is 2.28. The van der Waals surface area contributed by atoms with Crippen molar-refractivity contribution in [1.29, 1.82) is 0 Å². The van der Waals surface area contributed by atoms with Crippen molar-refractivity contribution in [2.24, 2.45) is 0 Å². The molecular weight excluding hydrogens is 263 g/mol. The van der Waals surface area contributed by atoms with E-state index in [1.165, 1.54) is 5.56 Å². The van der Waals surface area contributed by atoms with Gasteiger partial charge in [-0.1, -0.05) is 42.0 Å². The summed E-state index contributed by atoms with van der Waals surface area (Å²) in [4.78, 5) is 0. The number of aryl methyl sites for hydroxylation is 1. The van der Waals surface area contributed by atoms with Gasteiger partial charge in [-0.15, -0.1) is 0 Å². The number of phosphoric ester groups is 1. The van der Waals surface area contributed by atoms with Crippen molar-refractivity contribution in [2.75, 3.05) is 19.8 Å². The quantitative estimate of drug-likeness (QED) is 0.671. The van der Waals surface area contributed by atoms with Gasteiger partial charge in [0.05, 0.1) is 19.8 Å². The van der Waals surface area contributed by atoms with Gasteiger partial charge in [0.25, 0.3) is 0 Å². The van der Waals surface area contributed by atoms with Crippen LogP contribution in [0.1, 0.15) is 25.0 Å². The summed E-state index contributed by atoms with van der Waals surface area (Å²) >= 11 is 0. The molecule has 0 aromatic heterocycles. The molecule has 0 aliphatic rings. The van der Waals surface area contributed by atoms with Gasteiger partial charge >= 0.3 is 7.82 Å². The first-order chi connectivity index (χ1) is 9.09. The average molecular weight is 284 g/mol. The lowest BCUT2D eigenvalue weighted by atomic mass is 10.1. The molecule has 0 aliphatic carbocycles. The molecule has 0 aliphatic heterocycles. The molecule has 0 atom stereocenters. The van der Waals surface area contributed by atoms with E-state index in [-0.39, 0.29) is 6.61 Å². The Morgan fingerprint density at radius 2 is 1.63 bits per heavy atom. The molecule has 1 aromatic carbocycles. The predicted molar refractivity (Wildman–Crippen MR) is 77.0 cm³/mol. The van der Waals surface area contributed by atoms with Crippen LogP contribution >= 0.6 is 7.82 Å². The van der Waals surface area contributed by atoms with Crippen LogP contribution in [0.4, 0.5) is 0 Å². The van der Waals surface area contributed by atoms with E-state index in [2.05, 4.69) is 0 Å². The van der Waals surface area contributed by atoms with Crippen molar-refractivity contribution in [3.05, 3.63) is 41.5 Å². The van der Waals surface area contributed by atoms with Crippen LogP contribution in [0.3, 0.4) is 0 Å². The fourth-order valence-electron chi connectivity index (χ4n) is 1.42. The van der Waals surface area contributed by atoms with Crippen molar-refractivity contribution >= 4 is 13.9 Å². The van der Waals surface area contributed by atoms with Crippen molar-refractivity contribution in [3.63, 3.8) is 0 Å². The summed E-state index contributed by atoms with van der Waals surface area (Å²) in [5, 5.41) is 0. The predicted octanol–water partition coefficient (Wildman–Crippen LogP) is 4.21. The normalized spacial score (nSPS) is 12.2. The van der Waals surface area contributed by atoms with Crippen LogP contribution < -0.4 is 0 Å². The first-order valence-electron chi connectivity index (χ1n) is 6.36. The maximum Gasteiger partial charge on any atom is 0.475 e. The minimum atomic E-state index is -3.40. The largest absolute Gasteiger partial charge is 0.475 e. The lowest BCUT2D eigenvalue weighted by Gasteiger charge is -2.14. The monoisotopic (exact) mass is 284 g/mol. The molecule has 0 radical (unpaired) electrons. The highest BCUT2D eigenvalue weighted by atomic mass is 31.2. The Morgan fingerprint density at radius 3 is 2.16 bits per heavy atom. The molecule has 0 saturated carbocycles. The molecule has 1 rings (SSSR count). The van der Waals surface area contributed by atoms with E-state index in [4.69, 9.17) is 13.6 Å². The number of benzene rings is 1. The van der Waals surface area contributed by atoms with E-state index in [0.29, 0.717) is 13.2 Å². The summed E-state index contributed by atoms with van der Waals surface area (Å²) in [5.74, 6) is 0. The van der Waals surface area contributed by atoms with Crippen molar-refractivity contribution in [3.8, 4) is 0 Å². The molecule has 0 bridgehead atoms. The highest BCUT2D eigenvalue weighted by Gasteiger charge is 2.24. The Labute approximate surface area is 115 Å². The van der Waals surface area contributed by atoms with E-state index in [1.54, 1.807) is 19.9 Å². The van der Waals surface area contributed by atoms with E-state index in [1.807, 2.05) is 37.3 Å². The van der Waals surface area contributed by atoms with E-state index in [9.17, 15) is 4.57 Å². The summed E-state index contributed by atoms with van der Waals surface area (Å²) in [7, 11) is -3.40. The Morgan fingerprint density at radius 1 is 1.05 bits per heavy atom. The third kappa shape index (κ3) is 6.17. The number of hydrogen-bond donors (Lipinski definition) is 0. The zero-order valence-electron chi connectivity index (χ0n) is 11.7. The van der Waals surface area contributed by atoms with Crippen LogP contribution in [0.5, 0.6) is 0 Å². The molecule has 106 valence electrons. The summed E-state index contributed by atoms with van der Waals surface area (Å²) in [6, 6.07) is 8.09. The average Bonchev–Trinajstić information content (AvgIpc) is 2.37. The van der Waals surface area contributed by atoms with Gasteiger partial charge in [-0.3, -0.25) is 13.6 Å². The van der Waals surface area contributed by atoms with Gasteiger partial charge in [0, 0.05) is 0 Å². The van der Waals surface area contributed by atoms with Gasteiger partial charge in [-0.05, 0) is 26.3 Å². The molecule has 5 heteroatoms. The number of rotatable bonds is 8.